The molecule has 1 N–H and O–H groups in total. The summed E-state index contributed by atoms with van der Waals surface area (Å²) in [5, 5.41) is 8.55. The van der Waals surface area contributed by atoms with E-state index in [1.165, 1.54) is 0 Å². The average Bonchev–Trinajstić information content (AvgIpc) is 1.98. The molecule has 0 spiro atoms. The quantitative estimate of drug-likeness (QED) is 0.370. The van der Waals surface area contributed by atoms with Crippen molar-refractivity contribution in [2.45, 2.75) is 11.7 Å². The third-order valence-corrected chi connectivity index (χ3v) is 2.31. The molecule has 7 heteroatoms. The molecule has 0 amide bonds. The Hall–Kier alpha value is -1.34. The topological polar surface area (TPSA) is 104 Å². The smallest absolute Gasteiger partial charge is 0.331 e. The Bertz CT molecular complexity index is 341. The van der Waals surface area contributed by atoms with Gasteiger partial charge in [-0.1, -0.05) is 6.58 Å². The predicted molar refractivity (Wildman–Crippen MR) is 45.4 cm³/mol. The van der Waals surface area contributed by atoms with Crippen molar-refractivity contribution in [2.24, 2.45) is 0 Å². The maximum atomic E-state index is 10.9. The Morgan fingerprint density at radius 2 is 2.14 bits per heavy atom. The van der Waals surface area contributed by atoms with Crippen molar-refractivity contribution >= 4 is 16.1 Å². The fourth-order valence-corrected chi connectivity index (χ4v) is 1.37. The number of esters is 1. The molecule has 0 aliphatic heterocycles. The summed E-state index contributed by atoms with van der Waals surface area (Å²) in [6, 6.07) is 0. The molecule has 0 radical (unpaired) electrons. The van der Waals surface area contributed by atoms with Crippen LogP contribution in [0.3, 0.4) is 0 Å². The minimum Gasteiger partial charge on any atom is -0.876 e. The van der Waals surface area contributed by atoms with E-state index in [9.17, 15) is 18.3 Å². The number of rotatable bonds is 5. The molecule has 0 saturated heterocycles. The van der Waals surface area contributed by atoms with Crippen LogP contribution in [0.25, 0.3) is 0 Å². The first-order valence-corrected chi connectivity index (χ1v) is 4.92. The first-order valence-electron chi connectivity index (χ1n) is 3.41. The number of ether oxygens (including phenoxy) is 1. The monoisotopic (exact) mass is 221 g/mol. The first-order chi connectivity index (χ1) is 6.29. The van der Waals surface area contributed by atoms with Crippen LogP contribution < -0.4 is 5.11 Å². The van der Waals surface area contributed by atoms with E-state index in [1.54, 1.807) is 0 Å². The minimum atomic E-state index is -4.66. The van der Waals surface area contributed by atoms with Gasteiger partial charge in [0.15, 0.2) is 5.25 Å². The Kier molecular flexibility index (Phi) is 4.32. The van der Waals surface area contributed by atoms with Gasteiger partial charge in [0.25, 0.3) is 10.1 Å². The Morgan fingerprint density at radius 1 is 1.64 bits per heavy atom. The van der Waals surface area contributed by atoms with Crippen molar-refractivity contribution in [1.82, 2.24) is 0 Å². The van der Waals surface area contributed by atoms with Crippen molar-refractivity contribution in [2.75, 3.05) is 0 Å². The normalized spacial score (nSPS) is 12.9. The molecular formula is C7H9O6S-. The second-order valence-corrected chi connectivity index (χ2v) is 3.95. The van der Waals surface area contributed by atoms with Crippen LogP contribution in [0, 0.1) is 0 Å². The van der Waals surface area contributed by atoms with E-state index in [0.717, 1.165) is 0 Å². The highest BCUT2D eigenvalue weighted by Gasteiger charge is 2.31. The summed E-state index contributed by atoms with van der Waals surface area (Å²) in [7, 11) is -4.66. The number of hydrogen-bond donors (Lipinski definition) is 1. The van der Waals surface area contributed by atoms with E-state index in [0.29, 0.717) is 6.26 Å². The van der Waals surface area contributed by atoms with Gasteiger partial charge in [-0.05, 0) is 6.42 Å². The van der Waals surface area contributed by atoms with Crippen molar-refractivity contribution in [3.8, 4) is 0 Å². The molecule has 0 bridgehead atoms. The van der Waals surface area contributed by atoms with Crippen LogP contribution in [0.2, 0.25) is 0 Å². The zero-order chi connectivity index (χ0) is 11.4. The molecule has 1 unspecified atom stereocenters. The van der Waals surface area contributed by atoms with E-state index < -0.39 is 33.5 Å². The molecule has 0 aromatic carbocycles. The van der Waals surface area contributed by atoms with Gasteiger partial charge in [-0.25, -0.2) is 0 Å². The van der Waals surface area contributed by atoms with Crippen LogP contribution in [0.1, 0.15) is 6.42 Å². The van der Waals surface area contributed by atoms with Gasteiger partial charge >= 0.3 is 5.97 Å². The fraction of sp³-hybridized carbons (Fsp3) is 0.286. The van der Waals surface area contributed by atoms with Crippen LogP contribution in [0.15, 0.2) is 25.2 Å². The highest BCUT2D eigenvalue weighted by Crippen LogP contribution is 2.09. The zero-order valence-electron chi connectivity index (χ0n) is 7.17. The molecule has 0 fully saturated rings. The molecule has 0 aromatic heterocycles. The van der Waals surface area contributed by atoms with Gasteiger partial charge in [0.05, 0.1) is 6.26 Å². The molecule has 14 heavy (non-hydrogen) atoms. The molecule has 0 rings (SSSR count). The van der Waals surface area contributed by atoms with Crippen molar-refractivity contribution < 1.29 is 27.6 Å². The molecule has 0 aliphatic rings. The van der Waals surface area contributed by atoms with E-state index in [1.807, 2.05) is 0 Å². The lowest BCUT2D eigenvalue weighted by Gasteiger charge is -2.15. The fourth-order valence-electron chi connectivity index (χ4n) is 0.675. The minimum absolute atomic E-state index is 0.702. The Morgan fingerprint density at radius 3 is 2.43 bits per heavy atom. The highest BCUT2D eigenvalue weighted by atomic mass is 32.2. The van der Waals surface area contributed by atoms with Gasteiger partial charge in [-0.15, -0.1) is 12.3 Å². The summed E-state index contributed by atoms with van der Waals surface area (Å²) >= 11 is 0. The molecule has 6 nitrogen and oxygen atoms in total. The summed E-state index contributed by atoms with van der Waals surface area (Å²) in [6.07, 6.45) is -0.0282. The molecule has 1 atom stereocenters. The number of carbonyl (C=O) groups excluding carboxylic acids is 1. The van der Waals surface area contributed by atoms with E-state index in [4.69, 9.17) is 4.55 Å². The summed E-state index contributed by atoms with van der Waals surface area (Å²) in [5.41, 5.74) is 0. The van der Waals surface area contributed by atoms with Gasteiger partial charge in [0.2, 0.25) is 0 Å². The van der Waals surface area contributed by atoms with Crippen LogP contribution in [0.4, 0.5) is 0 Å². The number of carbonyl (C=O) groups is 1. The average molecular weight is 221 g/mol. The summed E-state index contributed by atoms with van der Waals surface area (Å²) in [5.74, 6) is -2.06. The third-order valence-electron chi connectivity index (χ3n) is 1.23. The second-order valence-electron chi connectivity index (χ2n) is 2.35. The Labute approximate surface area is 81.2 Å². The maximum Gasteiger partial charge on any atom is 0.331 e. The van der Waals surface area contributed by atoms with Crippen molar-refractivity contribution in [3.63, 3.8) is 0 Å². The lowest BCUT2D eigenvalue weighted by Crippen LogP contribution is -2.32. The predicted octanol–water partition coefficient (Wildman–Crippen LogP) is -0.806. The highest BCUT2D eigenvalue weighted by molar-refractivity contribution is 7.87. The maximum absolute atomic E-state index is 10.9. The lowest BCUT2D eigenvalue weighted by molar-refractivity contribution is -0.305. The molecular weight excluding hydrogens is 212 g/mol. The SMILES string of the molecule is C=COC(=O)C(CC(=C)[O-])S(=O)(=O)O. The van der Waals surface area contributed by atoms with Crippen LogP contribution >= 0.6 is 0 Å². The van der Waals surface area contributed by atoms with Gasteiger partial charge in [0.1, 0.15) is 0 Å². The summed E-state index contributed by atoms with van der Waals surface area (Å²) < 4.78 is 34.0. The largest absolute Gasteiger partial charge is 0.876 e. The number of hydrogen-bond acceptors (Lipinski definition) is 5. The molecule has 80 valence electrons. The van der Waals surface area contributed by atoms with E-state index in [-0.39, 0.29) is 0 Å². The zero-order valence-corrected chi connectivity index (χ0v) is 7.99. The van der Waals surface area contributed by atoms with Crippen molar-refractivity contribution in [1.29, 1.82) is 0 Å². The Balaban J connectivity index is 4.82. The summed E-state index contributed by atoms with van der Waals surface area (Å²) in [6.45, 7) is 5.91. The van der Waals surface area contributed by atoms with E-state index in [2.05, 4.69) is 17.9 Å². The molecule has 0 heterocycles. The van der Waals surface area contributed by atoms with E-state index >= 15 is 0 Å². The van der Waals surface area contributed by atoms with Crippen LogP contribution in [-0.2, 0) is 19.6 Å². The number of allylic oxidation sites excluding steroid dienone is 1. The second kappa shape index (κ2) is 4.77. The third kappa shape index (κ3) is 4.06. The lowest BCUT2D eigenvalue weighted by atomic mass is 10.3. The van der Waals surface area contributed by atoms with Crippen LogP contribution in [-0.4, -0.2) is 24.2 Å². The van der Waals surface area contributed by atoms with Gasteiger partial charge < -0.3 is 9.84 Å². The van der Waals surface area contributed by atoms with Crippen LogP contribution in [0.5, 0.6) is 0 Å². The first kappa shape index (κ1) is 12.7. The van der Waals surface area contributed by atoms with Gasteiger partial charge in [0, 0.05) is 0 Å². The van der Waals surface area contributed by atoms with Crippen molar-refractivity contribution in [3.05, 3.63) is 25.2 Å². The standard InChI is InChI=1S/C7H10O6S/c1-3-13-7(9)6(4-5(2)8)14(10,11)12/h3,6,8H,1-2,4H2,(H,10,11,12)/p-1. The molecule has 0 aliphatic carbocycles. The van der Waals surface area contributed by atoms with Gasteiger partial charge in [-0.2, -0.15) is 8.42 Å². The molecule has 0 aromatic rings. The van der Waals surface area contributed by atoms with Gasteiger partial charge in [-0.3, -0.25) is 9.35 Å². The summed E-state index contributed by atoms with van der Waals surface area (Å²) in [4.78, 5) is 10.9. The molecule has 0 saturated carbocycles.